The largest absolute Gasteiger partial charge is 0.497 e. The smallest absolute Gasteiger partial charge is 0.177 e. The van der Waals surface area contributed by atoms with Gasteiger partial charge in [0, 0.05) is 11.8 Å². The molecule has 0 radical (unpaired) electrons. The highest BCUT2D eigenvalue weighted by atomic mass is 19.1. The zero-order chi connectivity index (χ0) is 14.1. The van der Waals surface area contributed by atoms with Crippen molar-refractivity contribution in [2.45, 2.75) is 5.92 Å². The van der Waals surface area contributed by atoms with Gasteiger partial charge in [0.2, 0.25) is 0 Å². The third kappa shape index (κ3) is 2.09. The number of halogens is 1. The number of ketones is 1. The van der Waals surface area contributed by atoms with Crippen LogP contribution in [0.1, 0.15) is 21.8 Å². The molecule has 0 aliphatic carbocycles. The third-order valence-corrected chi connectivity index (χ3v) is 3.32. The molecule has 0 aromatic heterocycles. The summed E-state index contributed by atoms with van der Waals surface area (Å²) < 4.78 is 18.4. The van der Waals surface area contributed by atoms with Crippen LogP contribution < -0.4 is 4.74 Å². The van der Waals surface area contributed by atoms with Gasteiger partial charge in [0.05, 0.1) is 18.7 Å². The van der Waals surface area contributed by atoms with Gasteiger partial charge in [-0.05, 0) is 35.9 Å². The van der Waals surface area contributed by atoms with Crippen LogP contribution in [0.5, 0.6) is 5.75 Å². The fourth-order valence-electron chi connectivity index (χ4n) is 2.28. The number of methoxy groups -OCH3 is 1. The number of carbonyl (C=O) groups is 1. The van der Waals surface area contributed by atoms with Crippen molar-refractivity contribution in [1.29, 1.82) is 0 Å². The summed E-state index contributed by atoms with van der Waals surface area (Å²) >= 11 is 0. The van der Waals surface area contributed by atoms with E-state index in [1.165, 1.54) is 18.2 Å². The fraction of sp³-hybridized carbons (Fsp3) is 0.125. The molecule has 0 bridgehead atoms. The number of benzene rings is 2. The van der Waals surface area contributed by atoms with Crippen LogP contribution in [-0.2, 0) is 0 Å². The lowest BCUT2D eigenvalue weighted by Gasteiger charge is -2.18. The Morgan fingerprint density at radius 1 is 1.20 bits per heavy atom. The number of carbonyl (C=O) groups excluding carboxylic acids is 1. The zero-order valence-corrected chi connectivity index (χ0v) is 10.8. The van der Waals surface area contributed by atoms with Crippen molar-refractivity contribution in [2.75, 3.05) is 7.11 Å². The van der Waals surface area contributed by atoms with E-state index >= 15 is 0 Å². The van der Waals surface area contributed by atoms with Crippen molar-refractivity contribution in [2.24, 2.45) is 4.99 Å². The minimum absolute atomic E-state index is 0.150. The quantitative estimate of drug-likeness (QED) is 0.836. The van der Waals surface area contributed by atoms with Crippen LogP contribution >= 0.6 is 0 Å². The first-order chi connectivity index (χ1) is 9.69. The molecule has 0 saturated heterocycles. The molecule has 0 fully saturated rings. The molecule has 1 atom stereocenters. The molecule has 0 N–H and O–H groups in total. The molecule has 3 rings (SSSR count). The number of ether oxygens (including phenoxy) is 1. The lowest BCUT2D eigenvalue weighted by molar-refractivity contribution is 0.0982. The average Bonchev–Trinajstić information content (AvgIpc) is 2.48. The van der Waals surface area contributed by atoms with Gasteiger partial charge < -0.3 is 4.74 Å². The molecule has 1 heterocycles. The zero-order valence-electron chi connectivity index (χ0n) is 10.8. The van der Waals surface area contributed by atoms with E-state index in [-0.39, 0.29) is 5.78 Å². The summed E-state index contributed by atoms with van der Waals surface area (Å²) in [5, 5.41) is 0. The molecule has 0 spiro atoms. The number of Topliss-reactive ketones (excluding diaryl/α,β-unsaturated/α-hetero) is 1. The SMILES string of the molecule is COc1cccc(C2C=Nc3ccc(F)cc3C2=O)c1. The van der Waals surface area contributed by atoms with Gasteiger partial charge in [0.25, 0.3) is 0 Å². The van der Waals surface area contributed by atoms with Crippen molar-refractivity contribution >= 4 is 17.7 Å². The summed E-state index contributed by atoms with van der Waals surface area (Å²) in [7, 11) is 1.57. The lowest BCUT2D eigenvalue weighted by atomic mass is 9.89. The number of hydrogen-bond acceptors (Lipinski definition) is 3. The van der Waals surface area contributed by atoms with Crippen molar-refractivity contribution in [3.8, 4) is 5.75 Å². The Morgan fingerprint density at radius 3 is 2.85 bits per heavy atom. The monoisotopic (exact) mass is 269 g/mol. The summed E-state index contributed by atoms with van der Waals surface area (Å²) in [6, 6.07) is 11.3. The molecule has 3 nitrogen and oxygen atoms in total. The number of hydrogen-bond donors (Lipinski definition) is 0. The number of fused-ring (bicyclic) bond motifs is 1. The van der Waals surface area contributed by atoms with Crippen LogP contribution in [0.2, 0.25) is 0 Å². The highest BCUT2D eigenvalue weighted by molar-refractivity contribution is 6.15. The fourth-order valence-corrected chi connectivity index (χ4v) is 2.28. The van der Waals surface area contributed by atoms with E-state index in [9.17, 15) is 9.18 Å². The maximum Gasteiger partial charge on any atom is 0.177 e. The van der Waals surface area contributed by atoms with Gasteiger partial charge in [-0.25, -0.2) is 4.39 Å². The van der Waals surface area contributed by atoms with Crippen LogP contribution in [0.25, 0.3) is 0 Å². The summed E-state index contributed by atoms with van der Waals surface area (Å²) in [5.74, 6) is -0.408. The maximum atomic E-state index is 13.3. The molecule has 100 valence electrons. The molecule has 4 heteroatoms. The highest BCUT2D eigenvalue weighted by Gasteiger charge is 2.26. The molecule has 1 aliphatic rings. The molecule has 1 aliphatic heterocycles. The van der Waals surface area contributed by atoms with Crippen LogP contribution in [0.4, 0.5) is 10.1 Å². The lowest BCUT2D eigenvalue weighted by Crippen LogP contribution is -2.18. The second-order valence-corrected chi connectivity index (χ2v) is 4.56. The van der Waals surface area contributed by atoms with Crippen molar-refractivity contribution in [3.05, 3.63) is 59.4 Å². The maximum absolute atomic E-state index is 13.3. The van der Waals surface area contributed by atoms with Gasteiger partial charge >= 0.3 is 0 Å². The van der Waals surface area contributed by atoms with Gasteiger partial charge in [-0.1, -0.05) is 12.1 Å². The summed E-state index contributed by atoms with van der Waals surface area (Å²) in [5.41, 5.74) is 1.61. The minimum Gasteiger partial charge on any atom is -0.497 e. The van der Waals surface area contributed by atoms with Crippen molar-refractivity contribution in [1.82, 2.24) is 0 Å². The van der Waals surface area contributed by atoms with Crippen LogP contribution in [0.15, 0.2) is 47.5 Å². The first-order valence-corrected chi connectivity index (χ1v) is 6.21. The van der Waals surface area contributed by atoms with E-state index in [4.69, 9.17) is 4.74 Å². The molecule has 20 heavy (non-hydrogen) atoms. The minimum atomic E-state index is -0.501. The Balaban J connectivity index is 2.03. The predicted octanol–water partition coefficient (Wildman–Crippen LogP) is 3.52. The van der Waals surface area contributed by atoms with Crippen LogP contribution in [0.3, 0.4) is 0 Å². The summed E-state index contributed by atoms with van der Waals surface area (Å²) in [6.07, 6.45) is 1.59. The van der Waals surface area contributed by atoms with Crippen molar-refractivity contribution in [3.63, 3.8) is 0 Å². The number of rotatable bonds is 2. The van der Waals surface area contributed by atoms with E-state index in [1.807, 2.05) is 18.2 Å². The van der Waals surface area contributed by atoms with Gasteiger partial charge in [-0.15, -0.1) is 0 Å². The Bertz CT molecular complexity index is 709. The van der Waals surface area contributed by atoms with E-state index in [1.54, 1.807) is 19.4 Å². The molecule has 1 unspecified atom stereocenters. The van der Waals surface area contributed by atoms with E-state index in [0.717, 1.165) is 5.56 Å². The Morgan fingerprint density at radius 2 is 2.05 bits per heavy atom. The number of aliphatic imine (C=N–C) groups is 1. The summed E-state index contributed by atoms with van der Waals surface area (Å²) in [6.45, 7) is 0. The van der Waals surface area contributed by atoms with E-state index in [2.05, 4.69) is 4.99 Å². The van der Waals surface area contributed by atoms with Gasteiger partial charge in [0.1, 0.15) is 11.6 Å². The Kier molecular flexibility index (Phi) is 3.06. The van der Waals surface area contributed by atoms with E-state index in [0.29, 0.717) is 17.0 Å². The molecule has 0 saturated carbocycles. The van der Waals surface area contributed by atoms with Crippen LogP contribution in [-0.4, -0.2) is 19.1 Å². The van der Waals surface area contributed by atoms with Gasteiger partial charge in [0.15, 0.2) is 5.78 Å². The first-order valence-electron chi connectivity index (χ1n) is 6.21. The standard InChI is InChI=1S/C16H12FNO2/c1-20-12-4-2-3-10(7-12)14-9-18-15-6-5-11(17)8-13(15)16(14)19/h2-9,14H,1H3. The van der Waals surface area contributed by atoms with E-state index < -0.39 is 11.7 Å². The average molecular weight is 269 g/mol. The Labute approximate surface area is 115 Å². The second-order valence-electron chi connectivity index (χ2n) is 4.56. The normalized spacial score (nSPS) is 16.9. The van der Waals surface area contributed by atoms with Gasteiger partial charge in [-0.3, -0.25) is 9.79 Å². The molecule has 2 aromatic carbocycles. The Hall–Kier alpha value is -2.49. The first kappa shape index (κ1) is 12.5. The van der Waals surface area contributed by atoms with Crippen molar-refractivity contribution < 1.29 is 13.9 Å². The molecular formula is C16H12FNO2. The topological polar surface area (TPSA) is 38.7 Å². The predicted molar refractivity (Wildman–Crippen MR) is 74.6 cm³/mol. The summed E-state index contributed by atoms with van der Waals surface area (Å²) in [4.78, 5) is 16.7. The number of nitrogens with zero attached hydrogens (tertiary/aromatic N) is 1. The highest BCUT2D eigenvalue weighted by Crippen LogP contribution is 2.32. The second kappa shape index (κ2) is 4.89. The third-order valence-electron chi connectivity index (χ3n) is 3.32. The van der Waals surface area contributed by atoms with Gasteiger partial charge in [-0.2, -0.15) is 0 Å². The van der Waals surface area contributed by atoms with Crippen LogP contribution in [0, 0.1) is 5.82 Å². The molecular weight excluding hydrogens is 257 g/mol. The molecule has 2 aromatic rings. The molecule has 0 amide bonds.